The summed E-state index contributed by atoms with van der Waals surface area (Å²) >= 11 is 0. The number of carbonyl (C=O) groups excluding carboxylic acids is 3. The average Bonchev–Trinajstić information content (AvgIpc) is 4.16. The van der Waals surface area contributed by atoms with Crippen molar-refractivity contribution in [1.29, 1.82) is 0 Å². The molecule has 2 saturated heterocycles. The number of aromatic nitrogens is 5. The number of alkyl carbamates (subject to hydrolysis) is 1. The number of nitrogens with zero attached hydrogens (tertiary/aromatic N) is 6. The van der Waals surface area contributed by atoms with Gasteiger partial charge < -0.3 is 34.0 Å². The van der Waals surface area contributed by atoms with Crippen LogP contribution in [0.5, 0.6) is 0 Å². The molecule has 0 spiro atoms. The molecular formula is C52H68N8O6Si. The minimum atomic E-state index is -1.31. The summed E-state index contributed by atoms with van der Waals surface area (Å²) in [7, 11) is -0.00567. The highest BCUT2D eigenvalue weighted by Crippen LogP contribution is 2.58. The molecular weight excluding hydrogens is 861 g/mol. The van der Waals surface area contributed by atoms with E-state index >= 15 is 0 Å². The monoisotopic (exact) mass is 929 g/mol. The van der Waals surface area contributed by atoms with Crippen molar-refractivity contribution in [2.45, 2.75) is 148 Å². The van der Waals surface area contributed by atoms with Crippen molar-refractivity contribution in [3.8, 4) is 33.6 Å². The number of H-pyrrole nitrogens is 1. The minimum absolute atomic E-state index is 0.108. The molecule has 2 bridgehead atoms. The van der Waals surface area contributed by atoms with Crippen LogP contribution in [-0.2, 0) is 25.7 Å². The molecule has 67 heavy (non-hydrogen) atoms. The second kappa shape index (κ2) is 18.5. The minimum Gasteiger partial charge on any atom is -0.453 e. The largest absolute Gasteiger partial charge is 0.453 e. The Morgan fingerprint density at radius 2 is 1.57 bits per heavy atom. The first-order valence-corrected chi connectivity index (χ1v) is 28.1. The lowest BCUT2D eigenvalue weighted by Crippen LogP contribution is -2.51. The van der Waals surface area contributed by atoms with Gasteiger partial charge in [-0.05, 0) is 136 Å². The molecule has 5 heterocycles. The van der Waals surface area contributed by atoms with E-state index in [1.54, 1.807) is 0 Å². The highest BCUT2D eigenvalue weighted by atomic mass is 28.3. The lowest BCUT2D eigenvalue weighted by Gasteiger charge is -2.30. The van der Waals surface area contributed by atoms with Crippen LogP contribution >= 0.6 is 0 Å². The van der Waals surface area contributed by atoms with E-state index in [9.17, 15) is 14.4 Å². The van der Waals surface area contributed by atoms with Crippen LogP contribution in [0.4, 0.5) is 9.59 Å². The fraction of sp³-hybridized carbons (Fsp3) is 0.538. The zero-order valence-corrected chi connectivity index (χ0v) is 41.8. The summed E-state index contributed by atoms with van der Waals surface area (Å²) in [6.07, 6.45) is 9.68. The fourth-order valence-corrected chi connectivity index (χ4v) is 11.6. The Morgan fingerprint density at radius 1 is 0.866 bits per heavy atom. The Hall–Kier alpha value is -5.54. The first-order chi connectivity index (χ1) is 32.0. The van der Waals surface area contributed by atoms with Crippen LogP contribution in [0.25, 0.3) is 44.7 Å². The summed E-state index contributed by atoms with van der Waals surface area (Å²) in [4.78, 5) is 61.6. The van der Waals surface area contributed by atoms with Gasteiger partial charge in [0.1, 0.15) is 30.0 Å². The van der Waals surface area contributed by atoms with Crippen LogP contribution < -0.4 is 5.32 Å². The third kappa shape index (κ3) is 9.50. The van der Waals surface area contributed by atoms with Gasteiger partial charge >= 0.3 is 12.2 Å². The van der Waals surface area contributed by atoms with Gasteiger partial charge in [0.05, 0.1) is 47.8 Å². The third-order valence-corrected chi connectivity index (χ3v) is 15.9. The highest BCUT2D eigenvalue weighted by Gasteiger charge is 2.42. The maximum atomic E-state index is 13.7. The molecule has 15 heteroatoms. The first-order valence-electron chi connectivity index (χ1n) is 24.4. The van der Waals surface area contributed by atoms with Gasteiger partial charge in [-0.25, -0.2) is 19.6 Å². The summed E-state index contributed by atoms with van der Waals surface area (Å²) in [5, 5.41) is 2.73. The van der Waals surface area contributed by atoms with Crippen LogP contribution in [0.3, 0.4) is 0 Å². The molecule has 9 rings (SSSR count). The summed E-state index contributed by atoms with van der Waals surface area (Å²) in [5.41, 5.74) is 10.5. The number of fused-ring (bicyclic) bond motifs is 6. The molecule has 0 radical (unpaired) electrons. The summed E-state index contributed by atoms with van der Waals surface area (Å²) in [6, 6.07) is 15.4. The maximum absolute atomic E-state index is 13.7. The number of rotatable bonds is 13. The highest BCUT2D eigenvalue weighted by molar-refractivity contribution is 6.76. The van der Waals surface area contributed by atoms with E-state index in [0.29, 0.717) is 38.3 Å². The van der Waals surface area contributed by atoms with Gasteiger partial charge in [0.25, 0.3) is 0 Å². The number of likely N-dealkylation sites (tertiary alicyclic amines) is 2. The van der Waals surface area contributed by atoms with Gasteiger partial charge in [0, 0.05) is 45.1 Å². The van der Waals surface area contributed by atoms with Gasteiger partial charge in [0.2, 0.25) is 5.91 Å². The molecule has 3 aromatic heterocycles. The Bertz CT molecular complexity index is 2640. The number of hydrogen-bond donors (Lipinski definition) is 2. The number of pyridine rings is 1. The fourth-order valence-electron chi connectivity index (χ4n) is 10.9. The number of ether oxygens (including phenoxy) is 3. The Labute approximate surface area is 395 Å². The number of imidazole rings is 2. The van der Waals surface area contributed by atoms with E-state index in [1.165, 1.54) is 42.2 Å². The van der Waals surface area contributed by atoms with Gasteiger partial charge in [-0.2, -0.15) is 0 Å². The maximum Gasteiger partial charge on any atom is 0.410 e. The molecule has 1 saturated carbocycles. The Morgan fingerprint density at radius 3 is 2.25 bits per heavy atom. The van der Waals surface area contributed by atoms with Crippen LogP contribution in [0.15, 0.2) is 54.9 Å². The molecule has 356 valence electrons. The molecule has 2 unspecified atom stereocenters. The Kier molecular flexibility index (Phi) is 12.9. The van der Waals surface area contributed by atoms with Crippen molar-refractivity contribution in [3.63, 3.8) is 0 Å². The van der Waals surface area contributed by atoms with Crippen LogP contribution in [0.1, 0.15) is 126 Å². The third-order valence-electron chi connectivity index (χ3n) is 14.2. The molecule has 5 atom stereocenters. The van der Waals surface area contributed by atoms with Crippen molar-refractivity contribution in [1.82, 2.24) is 39.6 Å². The number of nitrogens with one attached hydrogen (secondary N) is 2. The van der Waals surface area contributed by atoms with Crippen molar-refractivity contribution in [3.05, 3.63) is 77.6 Å². The lowest BCUT2D eigenvalue weighted by molar-refractivity contribution is -0.135. The van der Waals surface area contributed by atoms with Gasteiger partial charge in [-0.3, -0.25) is 14.7 Å². The van der Waals surface area contributed by atoms with E-state index in [1.807, 2.05) is 56.8 Å². The molecule has 2 aliphatic carbocycles. The van der Waals surface area contributed by atoms with Crippen molar-refractivity contribution < 1.29 is 28.6 Å². The number of benzene rings is 2. The molecule has 4 aliphatic rings. The standard InChI is InChI=1S/C52H68N8O6Si/c1-31(2)46(57-50(62)64-6)49(61)58-22-10-12-41(58)47-54-29-40(55-47)35-17-20-38(53-28-35)37-19-18-36(44-33-14-15-34(26-33)45(37)44)32-16-21-39-43(27-32)60(30-65-24-25-67(7,8)9)48(56-39)42-13-11-23-59(42)51(63)66-52(3,4)5/h16-21,27-29,31,33-34,41-42,46H,10-15,22-26,30H2,1-9H3,(H,54,55)(H,57,62)/t33?,34?,41-,42-,46-/m0/s1. The van der Waals surface area contributed by atoms with E-state index < -0.39 is 25.8 Å². The summed E-state index contributed by atoms with van der Waals surface area (Å²) in [6.45, 7) is 18.9. The van der Waals surface area contributed by atoms with E-state index in [4.69, 9.17) is 29.2 Å². The van der Waals surface area contributed by atoms with Crippen LogP contribution in [0.2, 0.25) is 25.7 Å². The molecule has 3 amide bonds. The second-order valence-corrected chi connectivity index (χ2v) is 27.3. The Balaban J connectivity index is 0.998. The van der Waals surface area contributed by atoms with Crippen molar-refractivity contribution >= 4 is 37.2 Å². The van der Waals surface area contributed by atoms with E-state index in [-0.39, 0.29) is 30.0 Å². The molecule has 2 N–H and O–H groups in total. The zero-order valence-electron chi connectivity index (χ0n) is 40.8. The number of methoxy groups -OCH3 is 1. The SMILES string of the molecule is COC(=O)N[C@H](C(=O)N1CCC[C@H]1c1ncc(-c2ccc(-c3ccc(-c4ccc5nc([C@@H]6CCCN6C(=O)OC(C)(C)C)n(COCC[Si](C)(C)C)c5c4)c4c3C3CCC4C3)nc2)[nH]1)C(C)C. The van der Waals surface area contributed by atoms with Gasteiger partial charge in [0.15, 0.2) is 0 Å². The number of amides is 3. The zero-order chi connectivity index (χ0) is 47.4. The number of carbonyl (C=O) groups is 3. The normalized spacial score (nSPS) is 20.8. The lowest BCUT2D eigenvalue weighted by atomic mass is 9.82. The smallest absolute Gasteiger partial charge is 0.410 e. The molecule has 3 fully saturated rings. The van der Waals surface area contributed by atoms with Crippen molar-refractivity contribution in [2.75, 3.05) is 26.8 Å². The topological polar surface area (TPSA) is 157 Å². The molecule has 2 aliphatic heterocycles. The predicted molar refractivity (Wildman–Crippen MR) is 262 cm³/mol. The quantitative estimate of drug-likeness (QED) is 0.0866. The summed E-state index contributed by atoms with van der Waals surface area (Å²) < 4.78 is 19.3. The van der Waals surface area contributed by atoms with Crippen LogP contribution in [-0.4, -0.2) is 98.9 Å². The molecule has 14 nitrogen and oxygen atoms in total. The molecule has 2 aromatic carbocycles. The average molecular weight is 929 g/mol. The van der Waals surface area contributed by atoms with Gasteiger partial charge in [-0.1, -0.05) is 51.7 Å². The van der Waals surface area contributed by atoms with Crippen molar-refractivity contribution in [2.24, 2.45) is 5.92 Å². The van der Waals surface area contributed by atoms with Gasteiger partial charge in [-0.15, -0.1) is 0 Å². The second-order valence-electron chi connectivity index (χ2n) is 21.6. The number of aromatic amines is 1. The predicted octanol–water partition coefficient (Wildman–Crippen LogP) is 10.9. The number of hydrogen-bond acceptors (Lipinski definition) is 9. The van der Waals surface area contributed by atoms with E-state index in [0.717, 1.165) is 83.3 Å². The van der Waals surface area contributed by atoms with Crippen LogP contribution in [0, 0.1) is 5.92 Å². The van der Waals surface area contributed by atoms with E-state index in [2.05, 4.69) is 77.0 Å². The summed E-state index contributed by atoms with van der Waals surface area (Å²) in [5.74, 6) is 2.32. The molecule has 5 aromatic rings. The first kappa shape index (κ1) is 46.6.